The van der Waals surface area contributed by atoms with Gasteiger partial charge in [-0.3, -0.25) is 9.59 Å². The van der Waals surface area contributed by atoms with Crippen LogP contribution in [-0.2, 0) is 19.1 Å². The fourth-order valence-corrected chi connectivity index (χ4v) is 1.24. The first-order chi connectivity index (χ1) is 8.06. The first-order valence-corrected chi connectivity index (χ1v) is 5.39. The lowest BCUT2D eigenvalue weighted by Crippen LogP contribution is -2.25. The molecule has 0 heterocycles. The number of hydrogen-bond donors (Lipinski definition) is 0. The van der Waals surface area contributed by atoms with Crippen molar-refractivity contribution in [2.24, 2.45) is 11.8 Å². The molecule has 0 N–H and O–H groups in total. The van der Waals surface area contributed by atoms with Gasteiger partial charge < -0.3 is 9.47 Å². The van der Waals surface area contributed by atoms with Crippen LogP contribution in [0.25, 0.3) is 0 Å². The zero-order valence-corrected chi connectivity index (χ0v) is 10.1. The van der Waals surface area contributed by atoms with Gasteiger partial charge in [-0.1, -0.05) is 19.6 Å². The minimum Gasteiger partial charge on any atom is -0.466 e. The lowest BCUT2D eigenvalue weighted by Gasteiger charge is -2.15. The van der Waals surface area contributed by atoms with Crippen molar-refractivity contribution < 1.29 is 19.1 Å². The minimum absolute atomic E-state index is 0.0231. The molecule has 0 aromatic rings. The summed E-state index contributed by atoms with van der Waals surface area (Å²) in [5.41, 5.74) is 0. The normalized spacial score (nSPS) is 13.0. The van der Waals surface area contributed by atoms with E-state index >= 15 is 0 Å². The number of hydrogen-bond acceptors (Lipinski definition) is 5. The van der Waals surface area contributed by atoms with Gasteiger partial charge in [-0.25, -0.2) is 0 Å². The Morgan fingerprint density at radius 3 is 2.59 bits per heavy atom. The van der Waals surface area contributed by atoms with Crippen LogP contribution >= 0.6 is 0 Å². The highest BCUT2D eigenvalue weighted by Crippen LogP contribution is 2.17. The SMILES string of the molecule is C=CCOC(=O)[C@H](C#N)[C@H](C)CC(=O)OCC. The van der Waals surface area contributed by atoms with Crippen molar-refractivity contribution in [3.05, 3.63) is 12.7 Å². The average molecular weight is 239 g/mol. The van der Waals surface area contributed by atoms with Crippen molar-refractivity contribution in [2.45, 2.75) is 20.3 Å². The fourth-order valence-electron chi connectivity index (χ4n) is 1.24. The number of nitriles is 1. The number of nitrogens with zero attached hydrogens (tertiary/aromatic N) is 1. The van der Waals surface area contributed by atoms with Crippen molar-refractivity contribution in [1.29, 1.82) is 5.26 Å². The number of ether oxygens (including phenoxy) is 2. The van der Waals surface area contributed by atoms with Crippen molar-refractivity contribution in [3.63, 3.8) is 0 Å². The van der Waals surface area contributed by atoms with Crippen LogP contribution in [0, 0.1) is 23.2 Å². The van der Waals surface area contributed by atoms with E-state index < -0.39 is 23.8 Å². The molecule has 0 unspecified atom stereocenters. The molecule has 0 aliphatic heterocycles. The number of carbonyl (C=O) groups is 2. The van der Waals surface area contributed by atoms with Crippen LogP contribution in [0.5, 0.6) is 0 Å². The van der Waals surface area contributed by atoms with E-state index in [0.717, 1.165) is 0 Å². The third kappa shape index (κ3) is 5.71. The predicted octanol–water partition coefficient (Wildman–Crippen LogP) is 1.44. The first-order valence-electron chi connectivity index (χ1n) is 5.39. The Morgan fingerprint density at radius 2 is 2.12 bits per heavy atom. The highest BCUT2D eigenvalue weighted by atomic mass is 16.5. The average Bonchev–Trinajstić information content (AvgIpc) is 2.27. The molecule has 17 heavy (non-hydrogen) atoms. The summed E-state index contributed by atoms with van der Waals surface area (Å²) >= 11 is 0. The largest absolute Gasteiger partial charge is 0.466 e. The quantitative estimate of drug-likeness (QED) is 0.496. The van der Waals surface area contributed by atoms with E-state index in [-0.39, 0.29) is 19.6 Å². The number of carbonyl (C=O) groups excluding carboxylic acids is 2. The molecule has 0 amide bonds. The van der Waals surface area contributed by atoms with Crippen LogP contribution < -0.4 is 0 Å². The van der Waals surface area contributed by atoms with Crippen LogP contribution in [0.15, 0.2) is 12.7 Å². The van der Waals surface area contributed by atoms with Gasteiger partial charge in [0.1, 0.15) is 12.5 Å². The van der Waals surface area contributed by atoms with Crippen LogP contribution in [0.3, 0.4) is 0 Å². The Kier molecular flexibility index (Phi) is 7.44. The van der Waals surface area contributed by atoms with E-state index in [1.54, 1.807) is 13.8 Å². The Morgan fingerprint density at radius 1 is 1.47 bits per heavy atom. The first kappa shape index (κ1) is 15.2. The summed E-state index contributed by atoms with van der Waals surface area (Å²) in [5.74, 6) is -2.45. The monoisotopic (exact) mass is 239 g/mol. The molecule has 5 nitrogen and oxygen atoms in total. The maximum Gasteiger partial charge on any atom is 0.323 e. The van der Waals surface area contributed by atoms with Gasteiger partial charge in [0.2, 0.25) is 0 Å². The Labute approximate surface area is 101 Å². The van der Waals surface area contributed by atoms with Gasteiger partial charge in [-0.15, -0.1) is 0 Å². The molecule has 0 rings (SSSR count). The molecule has 0 aromatic carbocycles. The molecule has 94 valence electrons. The number of rotatable bonds is 7. The van der Waals surface area contributed by atoms with E-state index in [4.69, 9.17) is 14.7 Å². The van der Waals surface area contributed by atoms with E-state index in [2.05, 4.69) is 6.58 Å². The van der Waals surface area contributed by atoms with Crippen LogP contribution in [0.4, 0.5) is 0 Å². The molecule has 0 saturated carbocycles. The molecule has 0 radical (unpaired) electrons. The summed E-state index contributed by atoms with van der Waals surface area (Å²) in [5, 5.41) is 8.88. The summed E-state index contributed by atoms with van der Waals surface area (Å²) in [7, 11) is 0. The Bertz CT molecular complexity index is 319. The minimum atomic E-state index is -0.959. The van der Waals surface area contributed by atoms with Gasteiger partial charge in [0, 0.05) is 6.42 Å². The predicted molar refractivity (Wildman–Crippen MR) is 60.7 cm³/mol. The summed E-state index contributed by atoms with van der Waals surface area (Å²) < 4.78 is 9.53. The van der Waals surface area contributed by atoms with Crippen molar-refractivity contribution in [2.75, 3.05) is 13.2 Å². The van der Waals surface area contributed by atoms with E-state index in [9.17, 15) is 9.59 Å². The van der Waals surface area contributed by atoms with Gasteiger partial charge in [0.15, 0.2) is 0 Å². The highest BCUT2D eigenvalue weighted by molar-refractivity contribution is 5.77. The lowest BCUT2D eigenvalue weighted by atomic mass is 9.92. The molecule has 0 saturated heterocycles. The van der Waals surface area contributed by atoms with E-state index in [0.29, 0.717) is 0 Å². The third-order valence-corrected chi connectivity index (χ3v) is 2.10. The number of esters is 2. The molecule has 0 aliphatic rings. The fraction of sp³-hybridized carbons (Fsp3) is 0.583. The van der Waals surface area contributed by atoms with Gasteiger partial charge in [0.25, 0.3) is 0 Å². The van der Waals surface area contributed by atoms with Crippen molar-refractivity contribution in [3.8, 4) is 6.07 Å². The van der Waals surface area contributed by atoms with Crippen LogP contribution in [0.2, 0.25) is 0 Å². The van der Waals surface area contributed by atoms with Crippen molar-refractivity contribution >= 4 is 11.9 Å². The van der Waals surface area contributed by atoms with Gasteiger partial charge in [0.05, 0.1) is 12.7 Å². The maximum absolute atomic E-state index is 11.5. The van der Waals surface area contributed by atoms with Crippen LogP contribution in [0.1, 0.15) is 20.3 Å². The molecule has 0 fully saturated rings. The highest BCUT2D eigenvalue weighted by Gasteiger charge is 2.28. The Hall–Kier alpha value is -1.83. The van der Waals surface area contributed by atoms with Gasteiger partial charge in [-0.2, -0.15) is 5.26 Å². The molecular formula is C12H17NO4. The second-order valence-electron chi connectivity index (χ2n) is 3.51. The van der Waals surface area contributed by atoms with Gasteiger partial charge in [-0.05, 0) is 12.8 Å². The maximum atomic E-state index is 11.5. The zero-order valence-electron chi connectivity index (χ0n) is 10.1. The Balaban J connectivity index is 4.35. The molecule has 5 heteroatoms. The zero-order chi connectivity index (χ0) is 13.3. The molecule has 0 bridgehead atoms. The summed E-state index contributed by atoms with van der Waals surface area (Å²) in [4.78, 5) is 22.7. The van der Waals surface area contributed by atoms with E-state index in [1.807, 2.05) is 6.07 Å². The van der Waals surface area contributed by atoms with Crippen molar-refractivity contribution in [1.82, 2.24) is 0 Å². The molecule has 0 aromatic heterocycles. The molecule has 2 atom stereocenters. The summed E-state index contributed by atoms with van der Waals surface area (Å²) in [6.07, 6.45) is 1.44. The lowest BCUT2D eigenvalue weighted by molar-refractivity contribution is -0.148. The van der Waals surface area contributed by atoms with E-state index in [1.165, 1.54) is 6.08 Å². The molecular weight excluding hydrogens is 222 g/mol. The molecule has 0 spiro atoms. The van der Waals surface area contributed by atoms with Gasteiger partial charge >= 0.3 is 11.9 Å². The smallest absolute Gasteiger partial charge is 0.323 e. The topological polar surface area (TPSA) is 76.4 Å². The van der Waals surface area contributed by atoms with Crippen LogP contribution in [-0.4, -0.2) is 25.2 Å². The molecule has 0 aliphatic carbocycles. The summed E-state index contributed by atoms with van der Waals surface area (Å²) in [6, 6.07) is 1.84. The standard InChI is InChI=1S/C12H17NO4/c1-4-6-17-12(15)10(8-13)9(3)7-11(14)16-5-2/h4,9-10H,1,5-7H2,2-3H3/t9-,10-/m1/s1. The summed E-state index contributed by atoms with van der Waals surface area (Å²) in [6.45, 7) is 7.08. The second kappa shape index (κ2) is 8.34. The third-order valence-electron chi connectivity index (χ3n) is 2.10. The second-order valence-corrected chi connectivity index (χ2v) is 3.51.